The number of carbonyl (C=O) groups is 1. The van der Waals surface area contributed by atoms with Crippen LogP contribution in [0.15, 0.2) is 12.1 Å². The van der Waals surface area contributed by atoms with Gasteiger partial charge in [-0.3, -0.25) is 9.89 Å². The van der Waals surface area contributed by atoms with Crippen LogP contribution in [0.1, 0.15) is 28.0 Å². The maximum atomic E-state index is 11.9. The van der Waals surface area contributed by atoms with Crippen molar-refractivity contribution in [3.05, 3.63) is 32.7 Å². The molecule has 0 atom stereocenters. The van der Waals surface area contributed by atoms with Gasteiger partial charge in [-0.2, -0.15) is 5.10 Å². The molecule has 0 saturated heterocycles. The zero-order valence-corrected chi connectivity index (χ0v) is 11.4. The zero-order valence-electron chi connectivity index (χ0n) is 9.79. The van der Waals surface area contributed by atoms with E-state index in [1.807, 2.05) is 13.0 Å². The number of nitrogen functional groups attached to an aromatic ring is 1. The lowest BCUT2D eigenvalue weighted by Crippen LogP contribution is -2.22. The molecule has 0 aromatic carbocycles. The normalized spacial score (nSPS) is 10.6. The Kier molecular flexibility index (Phi) is 3.88. The average Bonchev–Trinajstić information content (AvgIpc) is 2.92. The third kappa shape index (κ3) is 2.83. The molecule has 96 valence electrons. The quantitative estimate of drug-likeness (QED) is 0.805. The molecule has 2 aromatic heterocycles. The summed E-state index contributed by atoms with van der Waals surface area (Å²) in [6, 6.07) is 3.50. The lowest BCUT2D eigenvalue weighted by molar-refractivity contribution is 0.0955. The second-order valence-corrected chi connectivity index (χ2v) is 5.44. The number of nitrogens with two attached hydrogens (primary N) is 1. The van der Waals surface area contributed by atoms with Crippen molar-refractivity contribution in [3.8, 4) is 0 Å². The van der Waals surface area contributed by atoms with Gasteiger partial charge < -0.3 is 11.1 Å². The molecule has 7 heteroatoms. The van der Waals surface area contributed by atoms with Gasteiger partial charge in [-0.1, -0.05) is 18.5 Å². The van der Waals surface area contributed by atoms with Gasteiger partial charge in [0.15, 0.2) is 0 Å². The third-order valence-corrected chi connectivity index (χ3v) is 3.70. The van der Waals surface area contributed by atoms with E-state index in [0.29, 0.717) is 21.4 Å². The van der Waals surface area contributed by atoms with Crippen LogP contribution < -0.4 is 11.1 Å². The fourth-order valence-corrected chi connectivity index (χ4v) is 2.56. The summed E-state index contributed by atoms with van der Waals surface area (Å²) < 4.78 is 0.507. The van der Waals surface area contributed by atoms with Crippen LogP contribution in [0.2, 0.25) is 4.34 Å². The fraction of sp³-hybridized carbons (Fsp3) is 0.273. The first-order chi connectivity index (χ1) is 8.60. The highest BCUT2D eigenvalue weighted by Gasteiger charge is 2.13. The summed E-state index contributed by atoms with van der Waals surface area (Å²) in [6.45, 7) is 2.41. The topological polar surface area (TPSA) is 83.8 Å². The summed E-state index contributed by atoms with van der Waals surface area (Å²) in [6.07, 6.45) is 0.859. The molecular formula is C11H13ClN4OS. The van der Waals surface area contributed by atoms with Crippen LogP contribution >= 0.6 is 22.9 Å². The van der Waals surface area contributed by atoms with Crippen molar-refractivity contribution in [1.82, 2.24) is 15.5 Å². The van der Waals surface area contributed by atoms with Crippen LogP contribution in [0, 0.1) is 0 Å². The van der Waals surface area contributed by atoms with Crippen LogP contribution in [-0.4, -0.2) is 16.1 Å². The predicted molar refractivity (Wildman–Crippen MR) is 72.9 cm³/mol. The van der Waals surface area contributed by atoms with E-state index >= 15 is 0 Å². The molecule has 2 rings (SSSR count). The maximum absolute atomic E-state index is 11.9. The minimum atomic E-state index is -0.225. The minimum Gasteiger partial charge on any atom is -0.397 e. The number of aryl methyl sites for hydroxylation is 1. The van der Waals surface area contributed by atoms with E-state index in [2.05, 4.69) is 15.5 Å². The van der Waals surface area contributed by atoms with Crippen molar-refractivity contribution >= 4 is 34.5 Å². The molecule has 1 amide bonds. The first kappa shape index (κ1) is 12.9. The van der Waals surface area contributed by atoms with E-state index in [1.54, 1.807) is 6.07 Å². The van der Waals surface area contributed by atoms with Crippen molar-refractivity contribution < 1.29 is 4.79 Å². The summed E-state index contributed by atoms with van der Waals surface area (Å²) in [7, 11) is 0. The van der Waals surface area contributed by atoms with Gasteiger partial charge in [0.1, 0.15) is 4.88 Å². The summed E-state index contributed by atoms with van der Waals surface area (Å²) in [5.74, 6) is -0.225. The molecule has 0 saturated carbocycles. The number of anilines is 1. The van der Waals surface area contributed by atoms with E-state index < -0.39 is 0 Å². The molecule has 0 aliphatic carbocycles. The Morgan fingerprint density at radius 3 is 2.94 bits per heavy atom. The summed E-state index contributed by atoms with van der Waals surface area (Å²) in [5.41, 5.74) is 7.92. The number of rotatable bonds is 4. The number of aromatic nitrogens is 2. The standard InChI is InChI=1S/C11H13ClN4OS/c1-2-6-3-7(16-15-6)5-14-11(17)10-8(13)4-9(12)18-10/h3-4H,2,5,13H2,1H3,(H,14,17)(H,15,16). The van der Waals surface area contributed by atoms with Gasteiger partial charge in [0, 0.05) is 0 Å². The molecule has 0 fully saturated rings. The average molecular weight is 285 g/mol. The van der Waals surface area contributed by atoms with Gasteiger partial charge in [0.05, 0.1) is 28.0 Å². The Hall–Kier alpha value is -1.53. The van der Waals surface area contributed by atoms with Crippen LogP contribution in [0.4, 0.5) is 5.69 Å². The lowest BCUT2D eigenvalue weighted by atomic mass is 10.3. The van der Waals surface area contributed by atoms with E-state index in [1.165, 1.54) is 11.3 Å². The molecule has 0 bridgehead atoms. The highest BCUT2D eigenvalue weighted by molar-refractivity contribution is 7.18. The molecule has 0 spiro atoms. The highest BCUT2D eigenvalue weighted by atomic mass is 35.5. The number of aromatic amines is 1. The van der Waals surface area contributed by atoms with Gasteiger partial charge in [0.25, 0.3) is 5.91 Å². The highest BCUT2D eigenvalue weighted by Crippen LogP contribution is 2.28. The van der Waals surface area contributed by atoms with Crippen molar-refractivity contribution in [2.24, 2.45) is 0 Å². The molecule has 0 aliphatic heterocycles. The number of hydrogen-bond acceptors (Lipinski definition) is 4. The molecule has 2 aromatic rings. The number of hydrogen-bond donors (Lipinski definition) is 3. The number of nitrogens with zero attached hydrogens (tertiary/aromatic N) is 1. The molecule has 18 heavy (non-hydrogen) atoms. The number of thiophene rings is 1. The second kappa shape index (κ2) is 5.41. The Bertz CT molecular complexity index is 563. The molecule has 4 N–H and O–H groups in total. The number of amides is 1. The summed E-state index contributed by atoms with van der Waals surface area (Å²) in [4.78, 5) is 12.3. The van der Waals surface area contributed by atoms with Gasteiger partial charge in [-0.25, -0.2) is 0 Å². The van der Waals surface area contributed by atoms with Crippen LogP contribution in [0.3, 0.4) is 0 Å². The van der Waals surface area contributed by atoms with Crippen molar-refractivity contribution in [2.45, 2.75) is 19.9 Å². The third-order valence-electron chi connectivity index (χ3n) is 2.42. The first-order valence-electron chi connectivity index (χ1n) is 5.46. The van der Waals surface area contributed by atoms with E-state index in [4.69, 9.17) is 17.3 Å². The maximum Gasteiger partial charge on any atom is 0.263 e. The summed E-state index contributed by atoms with van der Waals surface area (Å²) in [5, 5.41) is 9.72. The van der Waals surface area contributed by atoms with Gasteiger partial charge in [-0.05, 0) is 18.6 Å². The lowest BCUT2D eigenvalue weighted by Gasteiger charge is -2.01. The minimum absolute atomic E-state index is 0.225. The van der Waals surface area contributed by atoms with Crippen molar-refractivity contribution in [2.75, 3.05) is 5.73 Å². The molecule has 0 radical (unpaired) electrons. The van der Waals surface area contributed by atoms with E-state index in [9.17, 15) is 4.79 Å². The Morgan fingerprint density at radius 2 is 2.39 bits per heavy atom. The first-order valence-corrected chi connectivity index (χ1v) is 6.65. The molecule has 0 unspecified atom stereocenters. The Labute approximate surface area is 113 Å². The Balaban J connectivity index is 1.98. The largest absolute Gasteiger partial charge is 0.397 e. The Morgan fingerprint density at radius 1 is 1.61 bits per heavy atom. The number of carbonyl (C=O) groups excluding carboxylic acids is 1. The van der Waals surface area contributed by atoms with Crippen LogP contribution in [0.25, 0.3) is 0 Å². The monoisotopic (exact) mass is 284 g/mol. The summed E-state index contributed by atoms with van der Waals surface area (Å²) >= 11 is 6.96. The van der Waals surface area contributed by atoms with Gasteiger partial charge >= 0.3 is 0 Å². The molecule has 2 heterocycles. The van der Waals surface area contributed by atoms with Gasteiger partial charge in [-0.15, -0.1) is 11.3 Å². The molecule has 5 nitrogen and oxygen atoms in total. The van der Waals surface area contributed by atoms with Crippen LogP contribution in [-0.2, 0) is 13.0 Å². The van der Waals surface area contributed by atoms with Gasteiger partial charge in [0.2, 0.25) is 0 Å². The molecule has 0 aliphatic rings. The number of H-pyrrole nitrogens is 1. The predicted octanol–water partition coefficient (Wildman–Crippen LogP) is 2.20. The number of halogens is 1. The fourth-order valence-electron chi connectivity index (χ4n) is 1.49. The van der Waals surface area contributed by atoms with E-state index in [0.717, 1.165) is 17.8 Å². The molecular weight excluding hydrogens is 272 g/mol. The smallest absolute Gasteiger partial charge is 0.263 e. The van der Waals surface area contributed by atoms with E-state index in [-0.39, 0.29) is 5.91 Å². The van der Waals surface area contributed by atoms with Crippen molar-refractivity contribution in [3.63, 3.8) is 0 Å². The SMILES string of the molecule is CCc1cc(CNC(=O)c2sc(Cl)cc2N)[nH]n1. The van der Waals surface area contributed by atoms with Crippen molar-refractivity contribution in [1.29, 1.82) is 0 Å². The van der Waals surface area contributed by atoms with Crippen LogP contribution in [0.5, 0.6) is 0 Å². The number of nitrogens with one attached hydrogen (secondary N) is 2. The second-order valence-electron chi connectivity index (χ2n) is 3.76. The zero-order chi connectivity index (χ0) is 13.1.